The first-order valence-corrected chi connectivity index (χ1v) is 14.3. The van der Waals surface area contributed by atoms with Crippen molar-refractivity contribution < 1.29 is 24.1 Å². The molecular weight excluding hydrogens is 494 g/mol. The summed E-state index contributed by atoms with van der Waals surface area (Å²) < 4.78 is 16.9. The molecule has 1 aromatic heterocycles. The first-order chi connectivity index (χ1) is 19.1. The van der Waals surface area contributed by atoms with Gasteiger partial charge in [-0.3, -0.25) is 4.79 Å². The molecule has 0 unspecified atom stereocenters. The molecule has 8 heteroatoms. The molecule has 1 amide bonds. The minimum Gasteiger partial charge on any atom is -0.454 e. The summed E-state index contributed by atoms with van der Waals surface area (Å²) in [5.74, 6) is 2.38. The maximum atomic E-state index is 13.8. The van der Waals surface area contributed by atoms with Gasteiger partial charge in [-0.05, 0) is 92.0 Å². The zero-order valence-corrected chi connectivity index (χ0v) is 22.2. The Morgan fingerprint density at radius 1 is 0.974 bits per heavy atom. The summed E-state index contributed by atoms with van der Waals surface area (Å²) in [6.07, 6.45) is 5.82. The van der Waals surface area contributed by atoms with Gasteiger partial charge in [-0.25, -0.2) is 4.98 Å². The van der Waals surface area contributed by atoms with Crippen LogP contribution in [0, 0.1) is 0 Å². The fourth-order valence-corrected chi connectivity index (χ4v) is 6.40. The molecule has 204 valence electrons. The van der Waals surface area contributed by atoms with Crippen LogP contribution in [0.1, 0.15) is 54.4 Å². The molecule has 1 aliphatic carbocycles. The molecule has 39 heavy (non-hydrogen) atoms. The average Bonchev–Trinajstić information content (AvgIpc) is 3.73. The predicted octanol–water partition coefficient (Wildman–Crippen LogP) is 4.12. The quantitative estimate of drug-likeness (QED) is 0.514. The Kier molecular flexibility index (Phi) is 6.52. The van der Waals surface area contributed by atoms with E-state index in [9.17, 15) is 9.90 Å². The zero-order valence-electron chi connectivity index (χ0n) is 22.2. The number of aliphatic hydroxyl groups is 1. The molecule has 1 atom stereocenters. The molecule has 3 aromatic rings. The highest BCUT2D eigenvalue weighted by molar-refractivity contribution is 5.85. The van der Waals surface area contributed by atoms with Crippen LogP contribution in [0.4, 0.5) is 5.82 Å². The van der Waals surface area contributed by atoms with Crippen molar-refractivity contribution in [2.45, 2.75) is 70.2 Å². The number of nitrogens with zero attached hydrogens (tertiary/aromatic N) is 3. The van der Waals surface area contributed by atoms with Crippen LogP contribution >= 0.6 is 0 Å². The average molecular weight is 530 g/mol. The minimum absolute atomic E-state index is 0.0132. The number of piperidine rings is 1. The molecule has 4 heterocycles. The van der Waals surface area contributed by atoms with Crippen LogP contribution < -0.4 is 14.4 Å². The lowest BCUT2D eigenvalue weighted by atomic mass is 10.0. The number of carbonyl (C=O) groups is 1. The number of carbonyl (C=O) groups excluding carboxylic acids is 1. The number of fused-ring (bicyclic) bond motifs is 3. The van der Waals surface area contributed by atoms with Crippen molar-refractivity contribution in [2.75, 3.05) is 31.4 Å². The fourth-order valence-electron chi connectivity index (χ4n) is 6.40. The smallest absolute Gasteiger partial charge is 0.252 e. The number of aryl methyl sites for hydroxylation is 2. The Bertz CT molecular complexity index is 1390. The summed E-state index contributed by atoms with van der Waals surface area (Å²) in [7, 11) is 0. The SMILES string of the molecule is O=C([C@H]1CCCO1)N(Cc1ccc2c(c1)OCO2)Cc1cc2cc3c(cc2nc1N1CCC(O)CC1)CCC3. The van der Waals surface area contributed by atoms with Gasteiger partial charge in [-0.2, -0.15) is 0 Å². The number of benzene rings is 2. The molecule has 2 fully saturated rings. The topological polar surface area (TPSA) is 84.4 Å². The number of rotatable bonds is 6. The van der Waals surface area contributed by atoms with E-state index in [1.54, 1.807) is 0 Å². The molecule has 0 saturated carbocycles. The largest absolute Gasteiger partial charge is 0.454 e. The normalized spacial score (nSPS) is 20.5. The van der Waals surface area contributed by atoms with E-state index in [1.807, 2.05) is 23.1 Å². The number of aliphatic hydroxyl groups excluding tert-OH is 1. The molecule has 4 aliphatic rings. The second-order valence-corrected chi connectivity index (χ2v) is 11.2. The second kappa shape index (κ2) is 10.3. The third kappa shape index (κ3) is 4.92. The molecule has 3 aliphatic heterocycles. The van der Waals surface area contributed by atoms with Gasteiger partial charge in [-0.15, -0.1) is 0 Å². The summed E-state index contributed by atoms with van der Waals surface area (Å²) in [6.45, 7) is 3.21. The Hall–Kier alpha value is -3.36. The number of anilines is 1. The predicted molar refractivity (Wildman–Crippen MR) is 147 cm³/mol. The van der Waals surface area contributed by atoms with Crippen LogP contribution in [0.5, 0.6) is 11.5 Å². The number of aromatic nitrogens is 1. The Morgan fingerprint density at radius 3 is 2.62 bits per heavy atom. The van der Waals surface area contributed by atoms with Crippen molar-refractivity contribution in [3.63, 3.8) is 0 Å². The van der Waals surface area contributed by atoms with Gasteiger partial charge < -0.3 is 29.1 Å². The highest BCUT2D eigenvalue weighted by atomic mass is 16.7. The lowest BCUT2D eigenvalue weighted by molar-refractivity contribution is -0.142. The first kappa shape index (κ1) is 24.7. The van der Waals surface area contributed by atoms with Gasteiger partial charge in [0.1, 0.15) is 11.9 Å². The number of ether oxygens (including phenoxy) is 3. The van der Waals surface area contributed by atoms with Gasteiger partial charge in [0.05, 0.1) is 11.6 Å². The summed E-state index contributed by atoms with van der Waals surface area (Å²) in [6, 6.07) is 12.7. The van der Waals surface area contributed by atoms with E-state index in [0.29, 0.717) is 25.4 Å². The number of amides is 1. The molecular formula is C31H35N3O5. The van der Waals surface area contributed by atoms with Crippen LogP contribution in [-0.2, 0) is 35.5 Å². The van der Waals surface area contributed by atoms with Crippen LogP contribution in [-0.4, -0.2) is 59.6 Å². The number of hydrogen-bond acceptors (Lipinski definition) is 7. The molecule has 0 bridgehead atoms. The summed E-state index contributed by atoms with van der Waals surface area (Å²) in [5.41, 5.74) is 5.84. The van der Waals surface area contributed by atoms with Gasteiger partial charge in [0.2, 0.25) is 6.79 Å². The van der Waals surface area contributed by atoms with Crippen LogP contribution in [0.25, 0.3) is 10.9 Å². The van der Waals surface area contributed by atoms with Crippen LogP contribution in [0.3, 0.4) is 0 Å². The van der Waals surface area contributed by atoms with Crippen molar-refractivity contribution in [3.05, 3.63) is 58.7 Å². The maximum Gasteiger partial charge on any atom is 0.252 e. The Balaban J connectivity index is 1.26. The van der Waals surface area contributed by atoms with E-state index in [4.69, 9.17) is 19.2 Å². The second-order valence-electron chi connectivity index (χ2n) is 11.2. The first-order valence-electron chi connectivity index (χ1n) is 14.3. The standard InChI is InChI=1S/C31H35N3O5/c35-25-8-10-33(11-9-25)30-24(15-23-14-21-3-1-4-22(21)16-26(23)32-30)18-34(31(36)28-5-2-12-37-28)17-20-6-7-27-29(13-20)39-19-38-27/h6-7,13-16,25,28,35H,1-5,8-12,17-19H2/t28-/m1/s1. The third-order valence-electron chi connectivity index (χ3n) is 8.54. The number of hydrogen-bond donors (Lipinski definition) is 1. The summed E-state index contributed by atoms with van der Waals surface area (Å²) in [4.78, 5) is 23.2. The van der Waals surface area contributed by atoms with Gasteiger partial charge in [-0.1, -0.05) is 6.07 Å². The Labute approximate surface area is 228 Å². The van der Waals surface area contributed by atoms with E-state index in [0.717, 1.165) is 85.2 Å². The van der Waals surface area contributed by atoms with Crippen molar-refractivity contribution >= 4 is 22.6 Å². The maximum absolute atomic E-state index is 13.8. The zero-order chi connectivity index (χ0) is 26.3. The lowest BCUT2D eigenvalue weighted by Crippen LogP contribution is -2.40. The Morgan fingerprint density at radius 2 is 1.79 bits per heavy atom. The molecule has 0 radical (unpaired) electrons. The van der Waals surface area contributed by atoms with Gasteiger partial charge in [0.15, 0.2) is 11.5 Å². The highest BCUT2D eigenvalue weighted by Gasteiger charge is 2.31. The van der Waals surface area contributed by atoms with E-state index in [-0.39, 0.29) is 18.8 Å². The van der Waals surface area contributed by atoms with Gasteiger partial charge in [0, 0.05) is 43.7 Å². The van der Waals surface area contributed by atoms with Gasteiger partial charge >= 0.3 is 0 Å². The summed E-state index contributed by atoms with van der Waals surface area (Å²) >= 11 is 0. The van der Waals surface area contributed by atoms with E-state index < -0.39 is 6.10 Å². The van der Waals surface area contributed by atoms with Crippen molar-refractivity contribution in [1.29, 1.82) is 0 Å². The van der Waals surface area contributed by atoms with E-state index in [1.165, 1.54) is 17.5 Å². The fraction of sp³-hybridized carbons (Fsp3) is 0.484. The highest BCUT2D eigenvalue weighted by Crippen LogP contribution is 2.35. The van der Waals surface area contributed by atoms with Crippen molar-refractivity contribution in [1.82, 2.24) is 9.88 Å². The van der Waals surface area contributed by atoms with Crippen LogP contribution in [0.15, 0.2) is 36.4 Å². The van der Waals surface area contributed by atoms with Gasteiger partial charge in [0.25, 0.3) is 5.91 Å². The van der Waals surface area contributed by atoms with E-state index >= 15 is 0 Å². The molecule has 2 saturated heterocycles. The minimum atomic E-state index is -0.413. The molecule has 8 nitrogen and oxygen atoms in total. The molecule has 0 spiro atoms. The molecule has 1 N–H and O–H groups in total. The molecule has 7 rings (SSSR count). The van der Waals surface area contributed by atoms with Crippen LogP contribution in [0.2, 0.25) is 0 Å². The lowest BCUT2D eigenvalue weighted by Gasteiger charge is -2.33. The van der Waals surface area contributed by atoms with Crippen molar-refractivity contribution in [3.8, 4) is 11.5 Å². The summed E-state index contributed by atoms with van der Waals surface area (Å²) in [5, 5.41) is 11.3. The third-order valence-corrected chi connectivity index (χ3v) is 8.54. The number of pyridine rings is 1. The van der Waals surface area contributed by atoms with E-state index in [2.05, 4.69) is 23.1 Å². The van der Waals surface area contributed by atoms with Crippen molar-refractivity contribution in [2.24, 2.45) is 0 Å². The molecule has 2 aromatic carbocycles. The monoisotopic (exact) mass is 529 g/mol.